The number of halogens is 1. The van der Waals surface area contributed by atoms with Crippen LogP contribution < -0.4 is 10.1 Å². The number of hydrogen-bond acceptors (Lipinski definition) is 4. The van der Waals surface area contributed by atoms with E-state index in [1.807, 2.05) is 0 Å². The van der Waals surface area contributed by atoms with Crippen LogP contribution >= 0.6 is 11.6 Å². The van der Waals surface area contributed by atoms with E-state index in [2.05, 4.69) is 5.32 Å². The fourth-order valence-electron chi connectivity index (χ4n) is 3.65. The van der Waals surface area contributed by atoms with Crippen molar-refractivity contribution in [3.05, 3.63) is 28.8 Å². The summed E-state index contributed by atoms with van der Waals surface area (Å²) < 4.78 is 16.4. The van der Waals surface area contributed by atoms with Gasteiger partial charge in [-0.05, 0) is 43.4 Å². The van der Waals surface area contributed by atoms with Crippen molar-refractivity contribution in [2.45, 2.75) is 25.3 Å². The summed E-state index contributed by atoms with van der Waals surface area (Å²) >= 11 is 6.04. The molecule has 0 radical (unpaired) electrons. The van der Waals surface area contributed by atoms with Crippen LogP contribution in [0.4, 0.5) is 0 Å². The molecule has 0 aromatic heterocycles. The molecule has 0 bridgehead atoms. The molecule has 0 saturated carbocycles. The van der Waals surface area contributed by atoms with Gasteiger partial charge in [-0.2, -0.15) is 0 Å². The lowest BCUT2D eigenvalue weighted by Crippen LogP contribution is -2.49. The van der Waals surface area contributed by atoms with Crippen molar-refractivity contribution in [2.24, 2.45) is 11.8 Å². The molecule has 0 aliphatic carbocycles. The molecule has 1 aromatic carbocycles. The lowest BCUT2D eigenvalue weighted by Gasteiger charge is -2.39. The summed E-state index contributed by atoms with van der Waals surface area (Å²) in [6.07, 6.45) is 2.89. The van der Waals surface area contributed by atoms with Crippen molar-refractivity contribution < 1.29 is 19.0 Å². The second-order valence-electron chi connectivity index (χ2n) is 6.40. The van der Waals surface area contributed by atoms with Crippen molar-refractivity contribution in [2.75, 3.05) is 33.5 Å². The van der Waals surface area contributed by atoms with Crippen LogP contribution in [0.2, 0.25) is 5.02 Å². The van der Waals surface area contributed by atoms with Crippen molar-refractivity contribution in [1.82, 2.24) is 5.32 Å². The highest BCUT2D eigenvalue weighted by Crippen LogP contribution is 2.31. The molecule has 1 N–H and O–H groups in total. The van der Waals surface area contributed by atoms with Crippen LogP contribution in [0, 0.1) is 11.8 Å². The molecule has 2 atom stereocenters. The highest BCUT2D eigenvalue weighted by molar-refractivity contribution is 6.31. The van der Waals surface area contributed by atoms with E-state index < -0.39 is 0 Å². The van der Waals surface area contributed by atoms with Gasteiger partial charge in [-0.1, -0.05) is 11.6 Å². The molecule has 2 heterocycles. The first-order valence-corrected chi connectivity index (χ1v) is 8.86. The van der Waals surface area contributed by atoms with Crippen molar-refractivity contribution in [3.8, 4) is 5.75 Å². The molecule has 1 amide bonds. The van der Waals surface area contributed by atoms with Crippen LogP contribution in [-0.4, -0.2) is 45.5 Å². The lowest BCUT2D eigenvalue weighted by molar-refractivity contribution is -0.0259. The number of nitrogens with one attached hydrogen (secondary N) is 1. The molecular weight excluding hydrogens is 330 g/mol. The van der Waals surface area contributed by atoms with Gasteiger partial charge in [0.1, 0.15) is 5.75 Å². The smallest absolute Gasteiger partial charge is 0.255 e. The van der Waals surface area contributed by atoms with E-state index in [4.69, 9.17) is 25.8 Å². The Kier molecular flexibility index (Phi) is 5.98. The van der Waals surface area contributed by atoms with Crippen LogP contribution in [0.3, 0.4) is 0 Å². The zero-order valence-corrected chi connectivity index (χ0v) is 14.7. The van der Waals surface area contributed by atoms with Crippen molar-refractivity contribution >= 4 is 17.5 Å². The quantitative estimate of drug-likeness (QED) is 0.904. The number of hydrogen-bond donors (Lipinski definition) is 1. The predicted molar refractivity (Wildman–Crippen MR) is 91.7 cm³/mol. The maximum Gasteiger partial charge on any atom is 0.255 e. The van der Waals surface area contributed by atoms with E-state index in [1.165, 1.54) is 0 Å². The fourth-order valence-corrected chi connectivity index (χ4v) is 3.82. The Balaban J connectivity index is 1.72. The predicted octanol–water partition coefficient (Wildman–Crippen LogP) is 2.91. The van der Waals surface area contributed by atoms with E-state index >= 15 is 0 Å². The van der Waals surface area contributed by atoms with E-state index in [1.54, 1.807) is 25.3 Å². The largest absolute Gasteiger partial charge is 0.496 e. The van der Waals surface area contributed by atoms with Gasteiger partial charge in [0.05, 0.1) is 19.3 Å². The number of benzene rings is 1. The van der Waals surface area contributed by atoms with Gasteiger partial charge in [0.15, 0.2) is 0 Å². The Bertz CT molecular complexity index is 574. The summed E-state index contributed by atoms with van der Waals surface area (Å²) in [5.41, 5.74) is 0.474. The lowest BCUT2D eigenvalue weighted by atomic mass is 9.79. The van der Waals surface area contributed by atoms with Crippen molar-refractivity contribution in [1.29, 1.82) is 0 Å². The number of rotatable bonds is 4. The van der Waals surface area contributed by atoms with E-state index in [0.717, 1.165) is 32.5 Å². The van der Waals surface area contributed by atoms with Gasteiger partial charge in [0.2, 0.25) is 0 Å². The molecule has 2 aliphatic rings. The normalized spacial score (nSPS) is 25.2. The van der Waals surface area contributed by atoms with E-state index in [-0.39, 0.29) is 11.9 Å². The maximum absolute atomic E-state index is 12.8. The van der Waals surface area contributed by atoms with Crippen LogP contribution in [-0.2, 0) is 9.47 Å². The molecule has 6 heteroatoms. The van der Waals surface area contributed by atoms with Gasteiger partial charge in [-0.3, -0.25) is 4.79 Å². The highest BCUT2D eigenvalue weighted by atomic mass is 35.5. The molecular formula is C18H24ClNO4. The Morgan fingerprint density at radius 1 is 1.21 bits per heavy atom. The first kappa shape index (κ1) is 17.5. The monoisotopic (exact) mass is 353 g/mol. The molecule has 0 spiro atoms. The zero-order valence-electron chi connectivity index (χ0n) is 13.9. The highest BCUT2D eigenvalue weighted by Gasteiger charge is 2.34. The Morgan fingerprint density at radius 2 is 1.96 bits per heavy atom. The number of amides is 1. The molecule has 5 nitrogen and oxygen atoms in total. The Morgan fingerprint density at radius 3 is 2.71 bits per heavy atom. The summed E-state index contributed by atoms with van der Waals surface area (Å²) in [5.74, 6) is 1.26. The molecule has 2 aliphatic heterocycles. The average molecular weight is 354 g/mol. The second kappa shape index (κ2) is 8.19. The number of carbonyl (C=O) groups is 1. The number of carbonyl (C=O) groups excluding carboxylic acids is 1. The summed E-state index contributed by atoms with van der Waals surface area (Å²) in [5, 5.41) is 3.71. The molecule has 24 heavy (non-hydrogen) atoms. The van der Waals surface area contributed by atoms with Crippen LogP contribution in [0.1, 0.15) is 29.6 Å². The van der Waals surface area contributed by atoms with Gasteiger partial charge in [-0.25, -0.2) is 0 Å². The minimum atomic E-state index is -0.140. The topological polar surface area (TPSA) is 56.8 Å². The van der Waals surface area contributed by atoms with Crippen molar-refractivity contribution in [3.63, 3.8) is 0 Å². The van der Waals surface area contributed by atoms with Crippen LogP contribution in [0.15, 0.2) is 18.2 Å². The number of ether oxygens (including phenoxy) is 3. The third-order valence-corrected chi connectivity index (χ3v) is 5.23. The third-order valence-electron chi connectivity index (χ3n) is 4.99. The molecule has 3 rings (SSSR count). The van der Waals surface area contributed by atoms with Crippen LogP contribution in [0.25, 0.3) is 0 Å². The Hall–Kier alpha value is -1.30. The molecule has 2 fully saturated rings. The molecule has 132 valence electrons. The van der Waals surface area contributed by atoms with E-state index in [9.17, 15) is 4.79 Å². The molecule has 1 aromatic rings. The first-order chi connectivity index (χ1) is 11.7. The van der Waals surface area contributed by atoms with Gasteiger partial charge < -0.3 is 19.5 Å². The SMILES string of the molecule is COc1ccc(Cl)cc1C(=O)N[C@@H]1CCOC[C@@H]1C1CCOCC1. The number of methoxy groups -OCH3 is 1. The second-order valence-corrected chi connectivity index (χ2v) is 6.84. The minimum Gasteiger partial charge on any atom is -0.496 e. The van der Waals surface area contributed by atoms with Gasteiger partial charge in [0.25, 0.3) is 5.91 Å². The Labute approximate surface area is 147 Å². The van der Waals surface area contributed by atoms with Gasteiger partial charge in [0, 0.05) is 36.8 Å². The fraction of sp³-hybridized carbons (Fsp3) is 0.611. The standard InChI is InChI=1S/C18H24ClNO4/c1-22-17-3-2-13(19)10-14(17)18(21)20-16-6-9-24-11-15(16)12-4-7-23-8-5-12/h2-3,10,12,15-16H,4-9,11H2,1H3,(H,20,21)/t15-,16-/m1/s1. The van der Waals surface area contributed by atoms with E-state index in [0.29, 0.717) is 41.4 Å². The molecule has 0 unspecified atom stereocenters. The van der Waals surface area contributed by atoms with Crippen LogP contribution in [0.5, 0.6) is 5.75 Å². The van der Waals surface area contributed by atoms with Gasteiger partial charge >= 0.3 is 0 Å². The zero-order chi connectivity index (χ0) is 16.9. The van der Waals surface area contributed by atoms with Gasteiger partial charge in [-0.15, -0.1) is 0 Å². The third kappa shape index (κ3) is 4.02. The summed E-state index contributed by atoms with van der Waals surface area (Å²) in [4.78, 5) is 12.8. The first-order valence-electron chi connectivity index (χ1n) is 8.49. The maximum atomic E-state index is 12.8. The molecule has 2 saturated heterocycles. The summed E-state index contributed by atoms with van der Waals surface area (Å²) in [6.45, 7) is 2.97. The average Bonchev–Trinajstić information content (AvgIpc) is 2.63. The summed E-state index contributed by atoms with van der Waals surface area (Å²) in [6, 6.07) is 5.20. The summed E-state index contributed by atoms with van der Waals surface area (Å²) in [7, 11) is 1.55. The minimum absolute atomic E-state index is 0.109.